The Kier molecular flexibility index (Phi) is 9.84. The number of alkyl halides is 3. The van der Waals surface area contributed by atoms with Crippen LogP contribution in [0.5, 0.6) is 5.75 Å². The first-order valence-corrected chi connectivity index (χ1v) is 14.0. The Balaban J connectivity index is 0.000000541. The molecule has 3 heterocycles. The number of hydrogen-bond acceptors (Lipinski definition) is 6. The van der Waals surface area contributed by atoms with Crippen LogP contribution in [-0.4, -0.2) is 90.0 Å². The van der Waals surface area contributed by atoms with Crippen molar-refractivity contribution in [2.75, 3.05) is 45.9 Å². The summed E-state index contributed by atoms with van der Waals surface area (Å²) in [6.45, 7) is 7.53. The van der Waals surface area contributed by atoms with E-state index in [0.29, 0.717) is 26.3 Å². The number of amides is 2. The van der Waals surface area contributed by atoms with Gasteiger partial charge >= 0.3 is 24.1 Å². The van der Waals surface area contributed by atoms with Gasteiger partial charge in [-0.2, -0.15) is 13.2 Å². The first kappa shape index (κ1) is 31.7. The smallest absolute Gasteiger partial charge is 0.490 e. The number of aliphatic carboxylic acids is 1. The predicted molar refractivity (Wildman–Crippen MR) is 152 cm³/mol. The SMILES string of the molecule is CCOC(=O)CNC(=O)N1CCc2c([nH]c3c(C)cccc23)C12CCN(CCOc1ccccc1)C2.O=C(O)C(F)(F)F. The number of nitrogens with one attached hydrogen (secondary N) is 2. The van der Waals surface area contributed by atoms with E-state index in [4.69, 9.17) is 19.4 Å². The second kappa shape index (κ2) is 13.4. The second-order valence-electron chi connectivity index (χ2n) is 10.4. The number of likely N-dealkylation sites (tertiary alicyclic amines) is 1. The molecule has 3 aromatic rings. The van der Waals surface area contributed by atoms with Crippen molar-refractivity contribution in [3.8, 4) is 5.75 Å². The lowest BCUT2D eigenvalue weighted by Gasteiger charge is -2.44. The summed E-state index contributed by atoms with van der Waals surface area (Å²) in [6, 6.07) is 16.0. The van der Waals surface area contributed by atoms with Gasteiger partial charge in [-0.15, -0.1) is 0 Å². The van der Waals surface area contributed by atoms with Gasteiger partial charge in [-0.25, -0.2) is 9.59 Å². The van der Waals surface area contributed by atoms with Crippen LogP contribution in [0.15, 0.2) is 48.5 Å². The number of ether oxygens (including phenoxy) is 2. The Labute approximate surface area is 246 Å². The molecule has 2 aromatic carbocycles. The van der Waals surface area contributed by atoms with Crippen LogP contribution < -0.4 is 10.1 Å². The zero-order valence-corrected chi connectivity index (χ0v) is 24.0. The summed E-state index contributed by atoms with van der Waals surface area (Å²) < 4.78 is 42.7. The van der Waals surface area contributed by atoms with E-state index in [1.54, 1.807) is 6.92 Å². The van der Waals surface area contributed by atoms with E-state index >= 15 is 0 Å². The third-order valence-electron chi connectivity index (χ3n) is 7.64. The molecule has 13 heteroatoms. The molecule has 1 atom stereocenters. The van der Waals surface area contributed by atoms with Gasteiger partial charge in [-0.05, 0) is 49.9 Å². The van der Waals surface area contributed by atoms with Crippen LogP contribution in [0.25, 0.3) is 10.9 Å². The van der Waals surface area contributed by atoms with Gasteiger partial charge in [-0.3, -0.25) is 9.69 Å². The van der Waals surface area contributed by atoms with Crippen LogP contribution in [0.3, 0.4) is 0 Å². The molecular formula is C30H35F3N4O6. The molecule has 10 nitrogen and oxygen atoms in total. The van der Waals surface area contributed by atoms with Crippen molar-refractivity contribution in [1.82, 2.24) is 20.1 Å². The third-order valence-corrected chi connectivity index (χ3v) is 7.64. The van der Waals surface area contributed by atoms with Crippen LogP contribution in [-0.2, 0) is 26.3 Å². The minimum Gasteiger partial charge on any atom is -0.492 e. The largest absolute Gasteiger partial charge is 0.492 e. The van der Waals surface area contributed by atoms with Crippen molar-refractivity contribution < 1.29 is 42.1 Å². The summed E-state index contributed by atoms with van der Waals surface area (Å²) in [4.78, 5) is 42.2. The lowest BCUT2D eigenvalue weighted by atomic mass is 9.84. The van der Waals surface area contributed by atoms with E-state index in [0.717, 1.165) is 42.9 Å². The quantitative estimate of drug-likeness (QED) is 0.345. The highest BCUT2D eigenvalue weighted by Crippen LogP contribution is 2.45. The first-order chi connectivity index (χ1) is 20.5. The average Bonchev–Trinajstić information content (AvgIpc) is 3.56. The number of aromatic amines is 1. The molecule has 2 amide bonds. The summed E-state index contributed by atoms with van der Waals surface area (Å²) in [7, 11) is 0. The fraction of sp³-hybridized carbons (Fsp3) is 0.433. The number of para-hydroxylation sites is 2. The standard InChI is InChI=1S/C28H34N4O4.C2HF3O2/c1-3-35-24(33)18-29-27(34)32-14-12-23-22-11-7-8-20(2)25(22)30-26(23)28(32)13-15-31(19-28)16-17-36-21-9-5-4-6-10-21;3-2(4,5)1(6)7/h4-11,30H,3,12-19H2,1-2H3,(H,29,34);(H,6,7). The molecule has 2 aliphatic heterocycles. The topological polar surface area (TPSA) is 124 Å². The van der Waals surface area contributed by atoms with Crippen molar-refractivity contribution in [2.45, 2.75) is 38.4 Å². The third kappa shape index (κ3) is 7.22. The van der Waals surface area contributed by atoms with E-state index in [9.17, 15) is 22.8 Å². The molecular weight excluding hydrogens is 569 g/mol. The molecule has 0 bridgehead atoms. The summed E-state index contributed by atoms with van der Waals surface area (Å²) in [5, 5.41) is 11.2. The van der Waals surface area contributed by atoms with E-state index < -0.39 is 23.7 Å². The Bertz CT molecular complexity index is 1440. The van der Waals surface area contributed by atoms with E-state index in [1.807, 2.05) is 35.2 Å². The average molecular weight is 605 g/mol. The van der Waals surface area contributed by atoms with Crippen molar-refractivity contribution in [3.05, 3.63) is 65.4 Å². The van der Waals surface area contributed by atoms with Crippen molar-refractivity contribution in [2.24, 2.45) is 0 Å². The highest BCUT2D eigenvalue weighted by molar-refractivity contribution is 5.89. The second-order valence-corrected chi connectivity index (χ2v) is 10.4. The summed E-state index contributed by atoms with van der Waals surface area (Å²) in [5.41, 5.74) is 4.26. The maximum absolute atomic E-state index is 13.4. The lowest BCUT2D eigenvalue weighted by Crippen LogP contribution is -2.58. The lowest BCUT2D eigenvalue weighted by molar-refractivity contribution is -0.192. The van der Waals surface area contributed by atoms with Crippen LogP contribution in [0, 0.1) is 6.92 Å². The van der Waals surface area contributed by atoms with Crippen molar-refractivity contribution in [1.29, 1.82) is 0 Å². The maximum Gasteiger partial charge on any atom is 0.490 e. The molecule has 1 unspecified atom stereocenters. The number of H-pyrrole nitrogens is 1. The summed E-state index contributed by atoms with van der Waals surface area (Å²) in [5.74, 6) is -2.32. The van der Waals surface area contributed by atoms with Gasteiger partial charge in [0.25, 0.3) is 0 Å². The molecule has 1 aromatic heterocycles. The minimum atomic E-state index is -5.08. The number of carboxylic acid groups (broad SMARTS) is 1. The predicted octanol–water partition coefficient (Wildman–Crippen LogP) is 4.22. The Hall–Kier alpha value is -4.26. The number of benzene rings is 2. The summed E-state index contributed by atoms with van der Waals surface area (Å²) >= 11 is 0. The molecule has 5 rings (SSSR count). The molecule has 2 aliphatic rings. The highest BCUT2D eigenvalue weighted by atomic mass is 19.4. The number of carboxylic acids is 1. The van der Waals surface area contributed by atoms with Crippen LogP contribution in [0.1, 0.15) is 30.2 Å². The molecule has 0 aliphatic carbocycles. The molecule has 1 spiro atoms. The van der Waals surface area contributed by atoms with Gasteiger partial charge in [0.1, 0.15) is 18.9 Å². The number of halogens is 3. The molecule has 1 fully saturated rings. The normalized spacial score (nSPS) is 18.1. The number of rotatable bonds is 7. The Morgan fingerprint density at radius 2 is 1.81 bits per heavy atom. The number of aromatic nitrogens is 1. The summed E-state index contributed by atoms with van der Waals surface area (Å²) in [6.07, 6.45) is -3.51. The van der Waals surface area contributed by atoms with E-state index in [2.05, 4.69) is 40.3 Å². The van der Waals surface area contributed by atoms with Crippen LogP contribution in [0.2, 0.25) is 0 Å². The minimum absolute atomic E-state index is 0.132. The molecule has 232 valence electrons. The van der Waals surface area contributed by atoms with Crippen LogP contribution in [0.4, 0.5) is 18.0 Å². The fourth-order valence-corrected chi connectivity index (χ4v) is 5.70. The molecule has 0 radical (unpaired) electrons. The number of nitrogens with zero attached hydrogens (tertiary/aromatic N) is 2. The highest BCUT2D eigenvalue weighted by Gasteiger charge is 2.51. The van der Waals surface area contributed by atoms with Crippen LogP contribution >= 0.6 is 0 Å². The number of urea groups is 1. The van der Waals surface area contributed by atoms with E-state index in [-0.39, 0.29) is 12.6 Å². The number of carbonyl (C=O) groups excluding carboxylic acids is 2. The van der Waals surface area contributed by atoms with E-state index in [1.165, 1.54) is 16.5 Å². The zero-order valence-electron chi connectivity index (χ0n) is 24.0. The van der Waals surface area contributed by atoms with Gasteiger partial charge in [0.2, 0.25) is 0 Å². The number of carbonyl (C=O) groups is 3. The number of esters is 1. The van der Waals surface area contributed by atoms with Gasteiger partial charge in [0.15, 0.2) is 0 Å². The van der Waals surface area contributed by atoms with Gasteiger partial charge in [-0.1, -0.05) is 36.4 Å². The Morgan fingerprint density at radius 1 is 1.09 bits per heavy atom. The number of fused-ring (bicyclic) bond motifs is 4. The molecule has 43 heavy (non-hydrogen) atoms. The number of hydrogen-bond donors (Lipinski definition) is 3. The van der Waals surface area contributed by atoms with Crippen molar-refractivity contribution in [3.63, 3.8) is 0 Å². The Morgan fingerprint density at radius 3 is 2.49 bits per heavy atom. The number of aryl methyl sites for hydroxylation is 1. The maximum atomic E-state index is 13.4. The van der Waals surface area contributed by atoms with Gasteiger partial charge < -0.3 is 29.8 Å². The first-order valence-electron chi connectivity index (χ1n) is 14.0. The van der Waals surface area contributed by atoms with Crippen molar-refractivity contribution >= 4 is 28.9 Å². The molecule has 3 N–H and O–H groups in total. The van der Waals surface area contributed by atoms with Gasteiger partial charge in [0, 0.05) is 42.8 Å². The zero-order chi connectivity index (χ0) is 31.2. The van der Waals surface area contributed by atoms with Gasteiger partial charge in [0.05, 0.1) is 12.1 Å². The molecule has 1 saturated heterocycles. The fourth-order valence-electron chi connectivity index (χ4n) is 5.70. The molecule has 0 saturated carbocycles. The monoisotopic (exact) mass is 604 g/mol.